The maximum atomic E-state index is 12.4. The highest BCUT2D eigenvalue weighted by molar-refractivity contribution is 8.13. The zero-order chi connectivity index (χ0) is 14.0. The molecule has 0 radical (unpaired) electrons. The number of carbonyl (C=O) groups excluding carboxylic acids is 1. The number of nitrogens with zero attached hydrogens (tertiary/aromatic N) is 1. The predicted octanol–water partition coefficient (Wildman–Crippen LogP) is 2.63. The van der Waals surface area contributed by atoms with Crippen LogP contribution in [0, 0.1) is 0 Å². The Morgan fingerprint density at radius 2 is 2.11 bits per heavy atom. The Morgan fingerprint density at radius 3 is 2.74 bits per heavy atom. The van der Waals surface area contributed by atoms with Gasteiger partial charge in [-0.15, -0.1) is 0 Å². The number of amides is 1. The third-order valence-electron chi connectivity index (χ3n) is 3.43. The van der Waals surface area contributed by atoms with Gasteiger partial charge in [0.1, 0.15) is 0 Å². The van der Waals surface area contributed by atoms with E-state index in [4.69, 9.17) is 10.7 Å². The van der Waals surface area contributed by atoms with E-state index in [1.165, 1.54) is 18.2 Å². The van der Waals surface area contributed by atoms with Gasteiger partial charge < -0.3 is 4.90 Å². The van der Waals surface area contributed by atoms with Gasteiger partial charge in [-0.3, -0.25) is 4.79 Å². The van der Waals surface area contributed by atoms with Crippen molar-refractivity contribution in [3.8, 4) is 0 Å². The predicted molar refractivity (Wildman–Crippen MR) is 73.8 cm³/mol. The molecular weight excluding hydrogens is 286 g/mol. The van der Waals surface area contributed by atoms with Crippen LogP contribution in [-0.2, 0) is 9.05 Å². The van der Waals surface area contributed by atoms with Crippen LogP contribution in [0.3, 0.4) is 0 Å². The first-order chi connectivity index (χ1) is 8.89. The summed E-state index contributed by atoms with van der Waals surface area (Å²) in [5.74, 6) is -0.130. The number of carbonyl (C=O) groups is 1. The van der Waals surface area contributed by atoms with Gasteiger partial charge in [0.25, 0.3) is 15.0 Å². The van der Waals surface area contributed by atoms with Crippen molar-refractivity contribution in [2.24, 2.45) is 0 Å². The zero-order valence-corrected chi connectivity index (χ0v) is 12.2. The number of piperidine rings is 1. The molecule has 1 amide bonds. The van der Waals surface area contributed by atoms with Crippen LogP contribution in [0.4, 0.5) is 0 Å². The van der Waals surface area contributed by atoms with Gasteiger partial charge in [-0.1, -0.05) is 6.07 Å². The minimum Gasteiger partial charge on any atom is -0.336 e. The molecule has 19 heavy (non-hydrogen) atoms. The van der Waals surface area contributed by atoms with Gasteiger partial charge in [-0.05, 0) is 44.4 Å². The van der Waals surface area contributed by atoms with Gasteiger partial charge in [0.15, 0.2) is 0 Å². The lowest BCUT2D eigenvalue weighted by atomic mass is 10.0. The van der Waals surface area contributed by atoms with Gasteiger partial charge in [-0.2, -0.15) is 0 Å². The molecule has 0 spiro atoms. The summed E-state index contributed by atoms with van der Waals surface area (Å²) in [7, 11) is 1.50. The maximum absolute atomic E-state index is 12.4. The fraction of sp³-hybridized carbons (Fsp3) is 0.462. The summed E-state index contributed by atoms with van der Waals surface area (Å²) in [6.45, 7) is 2.73. The lowest BCUT2D eigenvalue weighted by Crippen LogP contribution is -2.42. The summed E-state index contributed by atoms with van der Waals surface area (Å²) in [6, 6.07) is 6.08. The normalized spacial score (nSPS) is 20.3. The topological polar surface area (TPSA) is 54.5 Å². The first-order valence-corrected chi connectivity index (χ1v) is 8.56. The zero-order valence-electron chi connectivity index (χ0n) is 10.7. The van der Waals surface area contributed by atoms with Crippen LogP contribution in [-0.4, -0.2) is 31.8 Å². The molecule has 1 aliphatic rings. The fourth-order valence-electron chi connectivity index (χ4n) is 2.35. The number of hydrogen-bond acceptors (Lipinski definition) is 3. The molecule has 0 aliphatic carbocycles. The van der Waals surface area contributed by atoms with E-state index >= 15 is 0 Å². The second-order valence-electron chi connectivity index (χ2n) is 4.81. The molecule has 4 nitrogen and oxygen atoms in total. The largest absolute Gasteiger partial charge is 0.336 e. The van der Waals surface area contributed by atoms with E-state index in [0.717, 1.165) is 25.8 Å². The number of likely N-dealkylation sites (tertiary alicyclic amines) is 1. The molecule has 1 saturated heterocycles. The molecule has 0 bridgehead atoms. The maximum Gasteiger partial charge on any atom is 0.261 e. The van der Waals surface area contributed by atoms with Gasteiger partial charge in [0.05, 0.1) is 4.90 Å². The second kappa shape index (κ2) is 5.51. The highest BCUT2D eigenvalue weighted by Gasteiger charge is 2.24. The van der Waals surface area contributed by atoms with Crippen molar-refractivity contribution >= 4 is 25.6 Å². The molecule has 1 fully saturated rings. The van der Waals surface area contributed by atoms with Crippen LogP contribution < -0.4 is 0 Å². The molecule has 104 valence electrons. The quantitative estimate of drug-likeness (QED) is 0.789. The van der Waals surface area contributed by atoms with E-state index < -0.39 is 9.05 Å². The minimum absolute atomic E-state index is 0.0373. The van der Waals surface area contributed by atoms with Crippen LogP contribution >= 0.6 is 10.7 Å². The summed E-state index contributed by atoms with van der Waals surface area (Å²) in [4.78, 5) is 14.1. The van der Waals surface area contributed by atoms with Crippen molar-refractivity contribution in [3.05, 3.63) is 29.8 Å². The van der Waals surface area contributed by atoms with E-state index in [-0.39, 0.29) is 16.8 Å². The molecule has 1 atom stereocenters. The van der Waals surface area contributed by atoms with Gasteiger partial charge in [-0.25, -0.2) is 8.42 Å². The molecule has 6 heteroatoms. The molecule has 1 unspecified atom stereocenters. The average Bonchev–Trinajstić information content (AvgIpc) is 2.38. The second-order valence-corrected chi connectivity index (χ2v) is 7.37. The molecule has 0 saturated carbocycles. The van der Waals surface area contributed by atoms with Crippen molar-refractivity contribution in [2.45, 2.75) is 37.1 Å². The van der Waals surface area contributed by atoms with Crippen LogP contribution in [0.2, 0.25) is 0 Å². The van der Waals surface area contributed by atoms with Crippen molar-refractivity contribution < 1.29 is 13.2 Å². The lowest BCUT2D eigenvalue weighted by Gasteiger charge is -2.33. The van der Waals surface area contributed by atoms with Gasteiger partial charge >= 0.3 is 0 Å². The van der Waals surface area contributed by atoms with E-state index in [1.54, 1.807) is 11.0 Å². The Hall–Kier alpha value is -1.07. The Bertz CT molecular complexity index is 585. The first-order valence-electron chi connectivity index (χ1n) is 6.25. The smallest absolute Gasteiger partial charge is 0.261 e. The molecule has 1 aromatic carbocycles. The average molecular weight is 302 g/mol. The SMILES string of the molecule is CC1CCCCN1C(=O)c1cccc(S(=O)(=O)Cl)c1. The van der Waals surface area contributed by atoms with Crippen LogP contribution in [0.1, 0.15) is 36.5 Å². The van der Waals surface area contributed by atoms with E-state index in [0.29, 0.717) is 5.56 Å². The van der Waals surface area contributed by atoms with Gasteiger partial charge in [0.2, 0.25) is 0 Å². The Kier molecular flexibility index (Phi) is 4.16. The third-order valence-corrected chi connectivity index (χ3v) is 4.78. The standard InChI is InChI=1S/C13H16ClNO3S/c1-10-5-2-3-8-15(10)13(16)11-6-4-7-12(9-11)19(14,17)18/h4,6-7,9-10H,2-3,5,8H2,1H3. The number of hydrogen-bond donors (Lipinski definition) is 0. The molecule has 0 aromatic heterocycles. The summed E-state index contributed by atoms with van der Waals surface area (Å²) >= 11 is 0. The molecule has 1 heterocycles. The summed E-state index contributed by atoms with van der Waals surface area (Å²) in [6.07, 6.45) is 3.10. The molecule has 0 N–H and O–H groups in total. The van der Waals surface area contributed by atoms with Gasteiger partial charge in [0, 0.05) is 28.8 Å². The number of benzene rings is 1. The lowest BCUT2D eigenvalue weighted by molar-refractivity contribution is 0.0635. The summed E-state index contributed by atoms with van der Waals surface area (Å²) < 4.78 is 22.6. The monoisotopic (exact) mass is 301 g/mol. The molecule has 2 rings (SSSR count). The summed E-state index contributed by atoms with van der Waals surface area (Å²) in [5.41, 5.74) is 0.371. The van der Waals surface area contributed by atoms with E-state index in [2.05, 4.69) is 0 Å². The highest BCUT2D eigenvalue weighted by Crippen LogP contribution is 2.21. The van der Waals surface area contributed by atoms with Crippen molar-refractivity contribution in [3.63, 3.8) is 0 Å². The van der Waals surface area contributed by atoms with Crippen LogP contribution in [0.25, 0.3) is 0 Å². The number of halogens is 1. The van der Waals surface area contributed by atoms with Crippen LogP contribution in [0.15, 0.2) is 29.2 Å². The number of rotatable bonds is 2. The Balaban J connectivity index is 2.29. The minimum atomic E-state index is -3.80. The van der Waals surface area contributed by atoms with Crippen LogP contribution in [0.5, 0.6) is 0 Å². The summed E-state index contributed by atoms with van der Waals surface area (Å²) in [5, 5.41) is 0. The van der Waals surface area contributed by atoms with E-state index in [1.807, 2.05) is 6.92 Å². The molecule has 1 aliphatic heterocycles. The fourth-order valence-corrected chi connectivity index (χ4v) is 3.14. The van der Waals surface area contributed by atoms with Crippen molar-refractivity contribution in [1.82, 2.24) is 4.90 Å². The molecular formula is C13H16ClNO3S. The van der Waals surface area contributed by atoms with Crippen molar-refractivity contribution in [2.75, 3.05) is 6.54 Å². The highest BCUT2D eigenvalue weighted by atomic mass is 35.7. The Morgan fingerprint density at radius 1 is 1.37 bits per heavy atom. The Labute approximate surface area is 117 Å². The van der Waals surface area contributed by atoms with Crippen molar-refractivity contribution in [1.29, 1.82) is 0 Å². The molecule has 1 aromatic rings. The first kappa shape index (κ1) is 14.3. The third kappa shape index (κ3) is 3.28. The van der Waals surface area contributed by atoms with E-state index in [9.17, 15) is 13.2 Å².